The Labute approximate surface area is 82.8 Å². The van der Waals surface area contributed by atoms with E-state index in [1.54, 1.807) is 0 Å². The standard InChI is InChI=1S/C9H18O2Se/c1-8(12)4-2-5-9-10-6-3-7-11-9/h8-9,12H,2-7H2,1H3. The summed E-state index contributed by atoms with van der Waals surface area (Å²) in [6.07, 6.45) is 4.66. The molecule has 0 radical (unpaired) electrons. The second kappa shape index (κ2) is 5.98. The van der Waals surface area contributed by atoms with Crippen molar-refractivity contribution in [3.05, 3.63) is 0 Å². The Kier molecular flexibility index (Phi) is 5.24. The van der Waals surface area contributed by atoms with Gasteiger partial charge >= 0.3 is 82.4 Å². The second-order valence-electron chi connectivity index (χ2n) is 3.30. The average Bonchev–Trinajstić information content (AvgIpc) is 2.05. The van der Waals surface area contributed by atoms with Crippen molar-refractivity contribution in [2.24, 2.45) is 0 Å². The Hall–Kier alpha value is 0.439. The molecule has 0 amide bonds. The van der Waals surface area contributed by atoms with Crippen LogP contribution in [0.1, 0.15) is 32.6 Å². The van der Waals surface area contributed by atoms with E-state index in [1.165, 1.54) is 12.8 Å². The molecule has 2 nitrogen and oxygen atoms in total. The third-order valence-corrected chi connectivity index (χ3v) is 2.50. The number of rotatable bonds is 4. The fraction of sp³-hybridized carbons (Fsp3) is 1.00. The molecule has 12 heavy (non-hydrogen) atoms. The first-order chi connectivity index (χ1) is 5.79. The topological polar surface area (TPSA) is 18.5 Å². The van der Waals surface area contributed by atoms with Crippen molar-refractivity contribution in [2.45, 2.75) is 43.7 Å². The quantitative estimate of drug-likeness (QED) is 0.692. The van der Waals surface area contributed by atoms with Gasteiger partial charge in [-0.2, -0.15) is 0 Å². The Bertz CT molecular complexity index is 111. The first-order valence-electron chi connectivity index (χ1n) is 4.70. The third kappa shape index (κ3) is 4.46. The zero-order valence-corrected chi connectivity index (χ0v) is 9.54. The summed E-state index contributed by atoms with van der Waals surface area (Å²) in [5, 5.41) is 0. The van der Waals surface area contributed by atoms with Crippen LogP contribution < -0.4 is 0 Å². The molecule has 1 unspecified atom stereocenters. The Balaban J connectivity index is 1.98. The van der Waals surface area contributed by atoms with Gasteiger partial charge in [0, 0.05) is 0 Å². The van der Waals surface area contributed by atoms with E-state index in [2.05, 4.69) is 22.9 Å². The number of ether oxygens (including phenoxy) is 2. The summed E-state index contributed by atoms with van der Waals surface area (Å²) in [6, 6.07) is 0. The van der Waals surface area contributed by atoms with Gasteiger partial charge in [0.2, 0.25) is 0 Å². The fourth-order valence-electron chi connectivity index (χ4n) is 1.28. The molecule has 1 atom stereocenters. The van der Waals surface area contributed by atoms with Crippen LogP contribution in [-0.4, -0.2) is 35.5 Å². The maximum absolute atomic E-state index is 5.43. The van der Waals surface area contributed by atoms with Crippen LogP contribution in [0.4, 0.5) is 0 Å². The first kappa shape index (κ1) is 10.5. The molecule has 1 saturated heterocycles. The van der Waals surface area contributed by atoms with E-state index < -0.39 is 0 Å². The molecule has 0 aliphatic carbocycles. The summed E-state index contributed by atoms with van der Waals surface area (Å²) in [5.74, 6) is 0. The normalized spacial score (nSPS) is 22.5. The van der Waals surface area contributed by atoms with Crippen LogP contribution in [0.3, 0.4) is 0 Å². The van der Waals surface area contributed by atoms with Crippen LogP contribution in [0, 0.1) is 0 Å². The summed E-state index contributed by atoms with van der Waals surface area (Å²) < 4.78 is 10.9. The molecule has 0 aromatic carbocycles. The van der Waals surface area contributed by atoms with Gasteiger partial charge in [-0.15, -0.1) is 0 Å². The molecule has 1 fully saturated rings. The van der Waals surface area contributed by atoms with Crippen molar-refractivity contribution in [1.29, 1.82) is 0 Å². The Morgan fingerprint density at radius 1 is 1.42 bits per heavy atom. The SMILES string of the molecule is CC([SeH])CCCC1OCCCO1. The van der Waals surface area contributed by atoms with Crippen molar-refractivity contribution in [2.75, 3.05) is 13.2 Å². The minimum absolute atomic E-state index is 0.0880. The molecule has 0 aromatic heterocycles. The van der Waals surface area contributed by atoms with Gasteiger partial charge in [0.05, 0.1) is 0 Å². The van der Waals surface area contributed by atoms with E-state index in [0.717, 1.165) is 30.9 Å². The Morgan fingerprint density at radius 2 is 2.08 bits per heavy atom. The number of hydrogen-bond donors (Lipinski definition) is 0. The zero-order chi connectivity index (χ0) is 8.81. The van der Waals surface area contributed by atoms with Gasteiger partial charge in [-0.3, -0.25) is 0 Å². The van der Waals surface area contributed by atoms with Crippen LogP contribution in [0.25, 0.3) is 0 Å². The monoisotopic (exact) mass is 238 g/mol. The summed E-state index contributed by atoms with van der Waals surface area (Å²) >= 11 is 2.67. The van der Waals surface area contributed by atoms with Gasteiger partial charge in [0.1, 0.15) is 0 Å². The predicted molar refractivity (Wildman–Crippen MR) is 50.7 cm³/mol. The van der Waals surface area contributed by atoms with Crippen molar-refractivity contribution in [1.82, 2.24) is 0 Å². The molecular weight excluding hydrogens is 219 g/mol. The van der Waals surface area contributed by atoms with Crippen molar-refractivity contribution < 1.29 is 9.47 Å². The molecule has 1 heterocycles. The van der Waals surface area contributed by atoms with Gasteiger partial charge in [0.15, 0.2) is 0 Å². The zero-order valence-electron chi connectivity index (χ0n) is 7.66. The van der Waals surface area contributed by atoms with Crippen LogP contribution in [0.5, 0.6) is 0 Å². The van der Waals surface area contributed by atoms with Gasteiger partial charge < -0.3 is 0 Å². The van der Waals surface area contributed by atoms with Crippen LogP contribution >= 0.6 is 0 Å². The molecule has 0 aromatic rings. The van der Waals surface area contributed by atoms with Crippen molar-refractivity contribution >= 4 is 16.0 Å². The summed E-state index contributed by atoms with van der Waals surface area (Å²) in [7, 11) is 0. The van der Waals surface area contributed by atoms with E-state index in [4.69, 9.17) is 9.47 Å². The summed E-state index contributed by atoms with van der Waals surface area (Å²) in [6.45, 7) is 3.98. The minimum atomic E-state index is 0.0880. The van der Waals surface area contributed by atoms with Crippen LogP contribution in [0.2, 0.25) is 4.82 Å². The second-order valence-corrected chi connectivity index (χ2v) is 5.15. The molecule has 0 spiro atoms. The third-order valence-electron chi connectivity index (χ3n) is 1.96. The van der Waals surface area contributed by atoms with Crippen molar-refractivity contribution in [3.8, 4) is 0 Å². The molecule has 1 aliphatic rings. The number of hydrogen-bond acceptors (Lipinski definition) is 2. The van der Waals surface area contributed by atoms with E-state index in [0.29, 0.717) is 0 Å². The molecule has 72 valence electrons. The van der Waals surface area contributed by atoms with E-state index in [-0.39, 0.29) is 6.29 Å². The summed E-state index contributed by atoms with van der Waals surface area (Å²) in [5.41, 5.74) is 0. The average molecular weight is 237 g/mol. The van der Waals surface area contributed by atoms with Crippen molar-refractivity contribution in [3.63, 3.8) is 0 Å². The van der Waals surface area contributed by atoms with E-state index in [1.807, 2.05) is 0 Å². The molecular formula is C9H18O2Se. The molecule has 0 saturated carbocycles. The van der Waals surface area contributed by atoms with Gasteiger partial charge in [0.25, 0.3) is 0 Å². The molecule has 1 rings (SSSR count). The molecule has 0 N–H and O–H groups in total. The van der Waals surface area contributed by atoms with Gasteiger partial charge in [-0.1, -0.05) is 0 Å². The molecule has 0 bridgehead atoms. The van der Waals surface area contributed by atoms with Gasteiger partial charge in [-0.25, -0.2) is 0 Å². The van der Waals surface area contributed by atoms with E-state index >= 15 is 0 Å². The maximum atomic E-state index is 5.43. The predicted octanol–water partition coefficient (Wildman–Crippen LogP) is 1.63. The Morgan fingerprint density at radius 3 is 2.67 bits per heavy atom. The van der Waals surface area contributed by atoms with Crippen LogP contribution in [0.15, 0.2) is 0 Å². The summed E-state index contributed by atoms with van der Waals surface area (Å²) in [4.78, 5) is 0.737. The van der Waals surface area contributed by atoms with Gasteiger partial charge in [-0.05, 0) is 0 Å². The molecule has 1 aliphatic heterocycles. The first-order valence-corrected chi connectivity index (χ1v) is 5.78. The van der Waals surface area contributed by atoms with Crippen LogP contribution in [-0.2, 0) is 9.47 Å². The fourth-order valence-corrected chi connectivity index (χ4v) is 1.67. The molecule has 3 heteroatoms. The van der Waals surface area contributed by atoms with E-state index in [9.17, 15) is 0 Å².